The van der Waals surface area contributed by atoms with Crippen molar-refractivity contribution in [1.29, 1.82) is 0 Å². The van der Waals surface area contributed by atoms with Gasteiger partial charge in [0.15, 0.2) is 0 Å². The number of rotatable bonds is 5. The molecule has 1 aromatic rings. The summed E-state index contributed by atoms with van der Waals surface area (Å²) in [4.78, 5) is 24.0. The van der Waals surface area contributed by atoms with Crippen LogP contribution < -0.4 is 5.32 Å². The smallest absolute Gasteiger partial charge is 0.321 e. The topological polar surface area (TPSA) is 69.6 Å². The molecule has 0 saturated carbocycles. The Bertz CT molecular complexity index is 458. The van der Waals surface area contributed by atoms with Gasteiger partial charge in [-0.1, -0.05) is 12.1 Å². The summed E-state index contributed by atoms with van der Waals surface area (Å²) in [6, 6.07) is 7.19. The highest BCUT2D eigenvalue weighted by molar-refractivity contribution is 5.89. The first-order valence-electron chi connectivity index (χ1n) is 6.24. The van der Waals surface area contributed by atoms with Crippen LogP contribution in [-0.4, -0.2) is 35.1 Å². The van der Waals surface area contributed by atoms with Crippen molar-refractivity contribution in [2.75, 3.05) is 12.4 Å². The maximum Gasteiger partial charge on any atom is 0.321 e. The van der Waals surface area contributed by atoms with Crippen LogP contribution >= 0.6 is 0 Å². The first-order valence-corrected chi connectivity index (χ1v) is 6.24. The van der Waals surface area contributed by atoms with Gasteiger partial charge in [-0.3, -0.25) is 4.79 Å². The van der Waals surface area contributed by atoms with E-state index in [1.807, 2.05) is 26.0 Å². The molecule has 0 atom stereocenters. The van der Waals surface area contributed by atoms with E-state index < -0.39 is 5.97 Å². The molecule has 0 aliphatic heterocycles. The average molecular weight is 264 g/mol. The number of benzene rings is 1. The second-order valence-electron chi connectivity index (χ2n) is 4.73. The molecule has 0 unspecified atom stereocenters. The van der Waals surface area contributed by atoms with Crippen LogP contribution in [0.1, 0.15) is 25.8 Å². The zero-order valence-corrected chi connectivity index (χ0v) is 11.5. The summed E-state index contributed by atoms with van der Waals surface area (Å²) in [6.45, 7) is 3.87. The van der Waals surface area contributed by atoms with Crippen LogP contribution in [0, 0.1) is 0 Å². The third kappa shape index (κ3) is 4.99. The van der Waals surface area contributed by atoms with Crippen LogP contribution in [0.4, 0.5) is 10.5 Å². The van der Waals surface area contributed by atoms with E-state index in [9.17, 15) is 9.59 Å². The zero-order chi connectivity index (χ0) is 14.4. The number of carbonyl (C=O) groups excluding carboxylic acids is 1. The lowest BCUT2D eigenvalue weighted by atomic mass is 10.1. The van der Waals surface area contributed by atoms with Crippen molar-refractivity contribution in [2.24, 2.45) is 0 Å². The van der Waals surface area contributed by atoms with E-state index in [0.29, 0.717) is 12.1 Å². The number of hydrogen-bond acceptors (Lipinski definition) is 2. The monoisotopic (exact) mass is 264 g/mol. The van der Waals surface area contributed by atoms with Gasteiger partial charge in [-0.2, -0.15) is 0 Å². The molecule has 5 heteroatoms. The van der Waals surface area contributed by atoms with E-state index in [-0.39, 0.29) is 18.5 Å². The Kier molecular flexibility index (Phi) is 5.36. The summed E-state index contributed by atoms with van der Waals surface area (Å²) < 4.78 is 0. The fraction of sp³-hybridized carbons (Fsp3) is 0.429. The maximum atomic E-state index is 11.9. The van der Waals surface area contributed by atoms with E-state index in [4.69, 9.17) is 5.11 Å². The summed E-state index contributed by atoms with van der Waals surface area (Å²) in [6.07, 6.45) is 0.544. The average Bonchev–Trinajstić information content (AvgIpc) is 2.35. The molecule has 0 spiro atoms. The Labute approximate surface area is 113 Å². The molecule has 2 amide bonds. The van der Waals surface area contributed by atoms with Gasteiger partial charge >= 0.3 is 12.0 Å². The second-order valence-corrected chi connectivity index (χ2v) is 4.73. The van der Waals surface area contributed by atoms with Gasteiger partial charge in [0.05, 0.1) is 0 Å². The van der Waals surface area contributed by atoms with Gasteiger partial charge in [0.1, 0.15) is 0 Å². The normalized spacial score (nSPS) is 10.3. The van der Waals surface area contributed by atoms with Gasteiger partial charge in [-0.25, -0.2) is 4.79 Å². The number of urea groups is 1. The SMILES string of the molecule is CC(C)N(C)C(=O)Nc1cccc(CCC(=O)O)c1. The number of aliphatic carboxylic acids is 1. The molecule has 0 fully saturated rings. The van der Waals surface area contributed by atoms with E-state index in [0.717, 1.165) is 5.56 Å². The predicted molar refractivity (Wildman–Crippen MR) is 74.3 cm³/mol. The maximum absolute atomic E-state index is 11.9. The molecule has 104 valence electrons. The van der Waals surface area contributed by atoms with Crippen molar-refractivity contribution < 1.29 is 14.7 Å². The summed E-state index contributed by atoms with van der Waals surface area (Å²) in [7, 11) is 1.73. The van der Waals surface area contributed by atoms with Crippen LogP contribution in [0.15, 0.2) is 24.3 Å². The van der Waals surface area contributed by atoms with Gasteiger partial charge in [0.25, 0.3) is 0 Å². The van der Waals surface area contributed by atoms with Gasteiger partial charge in [0.2, 0.25) is 0 Å². The van der Waals surface area contributed by atoms with Crippen molar-refractivity contribution in [1.82, 2.24) is 4.90 Å². The number of anilines is 1. The fourth-order valence-corrected chi connectivity index (χ4v) is 1.50. The highest BCUT2D eigenvalue weighted by Crippen LogP contribution is 2.13. The summed E-state index contributed by atoms with van der Waals surface area (Å²) in [5, 5.41) is 11.4. The number of nitrogens with one attached hydrogen (secondary N) is 1. The van der Waals surface area contributed by atoms with Crippen LogP contribution in [0.3, 0.4) is 0 Å². The number of amides is 2. The van der Waals surface area contributed by atoms with Gasteiger partial charge in [-0.05, 0) is 38.0 Å². The van der Waals surface area contributed by atoms with Crippen molar-refractivity contribution in [3.8, 4) is 0 Å². The Hall–Kier alpha value is -2.04. The molecule has 5 nitrogen and oxygen atoms in total. The number of carbonyl (C=O) groups is 2. The molecule has 1 rings (SSSR count). The highest BCUT2D eigenvalue weighted by atomic mass is 16.4. The third-order valence-corrected chi connectivity index (χ3v) is 2.90. The van der Waals surface area contributed by atoms with E-state index >= 15 is 0 Å². The molecular formula is C14H20N2O3. The molecule has 0 aliphatic carbocycles. The number of carboxylic acid groups (broad SMARTS) is 1. The molecule has 0 bridgehead atoms. The van der Waals surface area contributed by atoms with Crippen LogP contribution in [0.5, 0.6) is 0 Å². The molecule has 0 radical (unpaired) electrons. The Morgan fingerprint density at radius 2 is 2.05 bits per heavy atom. The molecule has 0 saturated heterocycles. The van der Waals surface area contributed by atoms with Gasteiger partial charge < -0.3 is 15.3 Å². The number of hydrogen-bond donors (Lipinski definition) is 2. The number of nitrogens with zero attached hydrogens (tertiary/aromatic N) is 1. The largest absolute Gasteiger partial charge is 0.481 e. The first kappa shape index (κ1) is 15.0. The first-order chi connectivity index (χ1) is 8.90. The molecule has 19 heavy (non-hydrogen) atoms. The highest BCUT2D eigenvalue weighted by Gasteiger charge is 2.11. The minimum absolute atomic E-state index is 0.0866. The summed E-state index contributed by atoms with van der Waals surface area (Å²) in [5.74, 6) is -0.825. The van der Waals surface area contributed by atoms with Crippen molar-refractivity contribution in [3.05, 3.63) is 29.8 Å². The Morgan fingerprint density at radius 1 is 1.37 bits per heavy atom. The van der Waals surface area contributed by atoms with Gasteiger partial charge in [-0.15, -0.1) is 0 Å². The Balaban J connectivity index is 2.66. The number of carboxylic acids is 1. The van der Waals surface area contributed by atoms with Crippen LogP contribution in [0.25, 0.3) is 0 Å². The summed E-state index contributed by atoms with van der Waals surface area (Å²) in [5.41, 5.74) is 1.58. The molecule has 1 aromatic carbocycles. The fourth-order valence-electron chi connectivity index (χ4n) is 1.50. The molecule has 2 N–H and O–H groups in total. The van der Waals surface area contributed by atoms with E-state index in [2.05, 4.69) is 5.32 Å². The quantitative estimate of drug-likeness (QED) is 0.858. The lowest BCUT2D eigenvalue weighted by Gasteiger charge is -2.22. The van der Waals surface area contributed by atoms with Gasteiger partial charge in [0, 0.05) is 25.2 Å². The number of aryl methyl sites for hydroxylation is 1. The molecule has 0 heterocycles. The molecule has 0 aromatic heterocycles. The van der Waals surface area contributed by atoms with Crippen molar-refractivity contribution in [3.63, 3.8) is 0 Å². The third-order valence-electron chi connectivity index (χ3n) is 2.90. The lowest BCUT2D eigenvalue weighted by Crippen LogP contribution is -2.36. The van der Waals surface area contributed by atoms with Crippen molar-refractivity contribution >= 4 is 17.7 Å². The Morgan fingerprint density at radius 3 is 2.63 bits per heavy atom. The zero-order valence-electron chi connectivity index (χ0n) is 11.5. The minimum Gasteiger partial charge on any atom is -0.481 e. The van der Waals surface area contributed by atoms with E-state index in [1.54, 1.807) is 24.1 Å². The minimum atomic E-state index is -0.825. The molecular weight excluding hydrogens is 244 g/mol. The second kappa shape index (κ2) is 6.78. The van der Waals surface area contributed by atoms with Crippen LogP contribution in [-0.2, 0) is 11.2 Å². The van der Waals surface area contributed by atoms with Crippen LogP contribution in [0.2, 0.25) is 0 Å². The van der Waals surface area contributed by atoms with Crippen molar-refractivity contribution in [2.45, 2.75) is 32.7 Å². The lowest BCUT2D eigenvalue weighted by molar-refractivity contribution is -0.136. The van der Waals surface area contributed by atoms with E-state index in [1.165, 1.54) is 0 Å². The predicted octanol–water partition coefficient (Wildman–Crippen LogP) is 2.58. The summed E-state index contributed by atoms with van der Waals surface area (Å²) >= 11 is 0. The standard InChI is InChI=1S/C14H20N2O3/c1-10(2)16(3)14(19)15-12-6-4-5-11(9-12)7-8-13(17)18/h4-6,9-10H,7-8H2,1-3H3,(H,15,19)(H,17,18). The molecule has 0 aliphatic rings.